The molecule has 3 rings (SSSR count). The normalized spacial score (nSPS) is 10.9. The lowest BCUT2D eigenvalue weighted by Gasteiger charge is -2.11. The molecule has 3 aromatic rings. The van der Waals surface area contributed by atoms with Gasteiger partial charge in [-0.15, -0.1) is 0 Å². The molecule has 1 heterocycles. The third-order valence-electron chi connectivity index (χ3n) is 4.45. The van der Waals surface area contributed by atoms with Crippen LogP contribution in [-0.2, 0) is 22.7 Å². The molecule has 0 fully saturated rings. The number of nitrogens with zero attached hydrogens (tertiary/aromatic N) is 1. The van der Waals surface area contributed by atoms with Crippen molar-refractivity contribution in [3.63, 3.8) is 0 Å². The van der Waals surface area contributed by atoms with Crippen molar-refractivity contribution >= 4 is 12.0 Å². The lowest BCUT2D eigenvalue weighted by atomic mass is 10.2. The number of esters is 1. The van der Waals surface area contributed by atoms with Crippen LogP contribution in [0.5, 0.6) is 11.5 Å². The molecule has 0 saturated carbocycles. The van der Waals surface area contributed by atoms with Crippen molar-refractivity contribution in [2.75, 3.05) is 7.11 Å². The number of benzene rings is 2. The summed E-state index contributed by atoms with van der Waals surface area (Å²) >= 11 is 0. The first-order valence-corrected chi connectivity index (χ1v) is 9.28. The van der Waals surface area contributed by atoms with Gasteiger partial charge in [0.25, 0.3) is 0 Å². The van der Waals surface area contributed by atoms with E-state index in [2.05, 4.69) is 5.16 Å². The first-order valence-electron chi connectivity index (χ1n) is 9.28. The maximum Gasteiger partial charge on any atom is 0.331 e. The number of hydrogen-bond donors (Lipinski definition) is 0. The molecule has 30 heavy (non-hydrogen) atoms. The Morgan fingerprint density at radius 1 is 1.10 bits per heavy atom. The fraction of sp³-hybridized carbons (Fsp3) is 0.217. The number of rotatable bonds is 8. The number of carbonyl (C=O) groups is 1. The highest BCUT2D eigenvalue weighted by Crippen LogP contribution is 2.30. The Kier molecular flexibility index (Phi) is 6.85. The molecular weight excluding hydrogens is 389 g/mol. The number of aromatic nitrogens is 1. The predicted octanol–water partition coefficient (Wildman–Crippen LogP) is 4.77. The zero-order valence-electron chi connectivity index (χ0n) is 17.0. The van der Waals surface area contributed by atoms with Crippen molar-refractivity contribution in [1.29, 1.82) is 0 Å². The zero-order chi connectivity index (χ0) is 21.5. The Labute approximate surface area is 173 Å². The third-order valence-corrected chi connectivity index (χ3v) is 4.45. The second kappa shape index (κ2) is 9.73. The van der Waals surface area contributed by atoms with Crippen LogP contribution in [0.3, 0.4) is 0 Å². The van der Waals surface area contributed by atoms with Crippen LogP contribution in [-0.4, -0.2) is 18.2 Å². The minimum atomic E-state index is -0.503. The van der Waals surface area contributed by atoms with Crippen molar-refractivity contribution in [1.82, 2.24) is 5.16 Å². The van der Waals surface area contributed by atoms with Gasteiger partial charge in [-0.25, -0.2) is 9.18 Å². The average molecular weight is 411 g/mol. The average Bonchev–Trinajstić information content (AvgIpc) is 3.07. The highest BCUT2D eigenvalue weighted by Gasteiger charge is 2.12. The smallest absolute Gasteiger partial charge is 0.331 e. The summed E-state index contributed by atoms with van der Waals surface area (Å²) in [6.07, 6.45) is 2.94. The van der Waals surface area contributed by atoms with Crippen molar-refractivity contribution in [3.05, 3.63) is 82.5 Å². The van der Waals surface area contributed by atoms with E-state index in [1.54, 1.807) is 43.5 Å². The van der Waals surface area contributed by atoms with Gasteiger partial charge in [0.1, 0.15) is 24.8 Å². The fourth-order valence-electron chi connectivity index (χ4n) is 2.71. The molecule has 0 atom stereocenters. The van der Waals surface area contributed by atoms with Gasteiger partial charge in [0.05, 0.1) is 18.4 Å². The minimum Gasteiger partial charge on any atom is -0.493 e. The van der Waals surface area contributed by atoms with Crippen LogP contribution in [0.1, 0.15) is 28.1 Å². The van der Waals surface area contributed by atoms with Gasteiger partial charge in [-0.2, -0.15) is 0 Å². The van der Waals surface area contributed by atoms with Gasteiger partial charge in [0.15, 0.2) is 11.5 Å². The standard InChI is InChI=1S/C23H22FNO5/c1-15-20(16(2)30-25-15)14-28-21-10-6-17(12-22(21)27-3)7-11-23(26)29-13-18-4-8-19(24)9-5-18/h4-12H,13-14H2,1-3H3/b11-7+. The Balaban J connectivity index is 1.59. The van der Waals surface area contributed by atoms with Gasteiger partial charge in [-0.1, -0.05) is 23.4 Å². The van der Waals surface area contributed by atoms with Crippen LogP contribution in [0.25, 0.3) is 6.08 Å². The van der Waals surface area contributed by atoms with E-state index in [-0.39, 0.29) is 12.4 Å². The molecule has 0 saturated heterocycles. The van der Waals surface area contributed by atoms with Crippen molar-refractivity contribution < 1.29 is 27.9 Å². The summed E-state index contributed by atoms with van der Waals surface area (Å²) in [7, 11) is 1.54. The van der Waals surface area contributed by atoms with E-state index in [0.29, 0.717) is 29.4 Å². The van der Waals surface area contributed by atoms with E-state index in [1.165, 1.54) is 18.2 Å². The Morgan fingerprint density at radius 3 is 2.53 bits per heavy atom. The molecule has 156 valence electrons. The molecular formula is C23H22FNO5. The first-order chi connectivity index (χ1) is 14.5. The number of ether oxygens (including phenoxy) is 3. The number of methoxy groups -OCH3 is 1. The minimum absolute atomic E-state index is 0.0707. The Morgan fingerprint density at radius 2 is 1.87 bits per heavy atom. The van der Waals surface area contributed by atoms with Crippen LogP contribution in [0, 0.1) is 19.7 Å². The molecule has 0 N–H and O–H groups in total. The second-order valence-electron chi connectivity index (χ2n) is 6.57. The molecule has 0 amide bonds. The van der Waals surface area contributed by atoms with Crippen LogP contribution in [0.4, 0.5) is 4.39 Å². The van der Waals surface area contributed by atoms with Crippen LogP contribution in [0.15, 0.2) is 53.1 Å². The molecule has 0 spiro atoms. The van der Waals surface area contributed by atoms with Crippen molar-refractivity contribution in [2.24, 2.45) is 0 Å². The molecule has 7 heteroatoms. The van der Waals surface area contributed by atoms with E-state index >= 15 is 0 Å². The van der Waals surface area contributed by atoms with E-state index in [1.807, 2.05) is 13.8 Å². The summed E-state index contributed by atoms with van der Waals surface area (Å²) in [5, 5.41) is 3.91. The van der Waals surface area contributed by atoms with Crippen molar-refractivity contribution in [2.45, 2.75) is 27.1 Å². The summed E-state index contributed by atoms with van der Waals surface area (Å²) in [6.45, 7) is 4.07. The Bertz CT molecular complexity index is 1020. The summed E-state index contributed by atoms with van der Waals surface area (Å²) in [4.78, 5) is 11.9. The second-order valence-corrected chi connectivity index (χ2v) is 6.57. The molecule has 2 aromatic carbocycles. The lowest BCUT2D eigenvalue weighted by molar-refractivity contribution is -0.138. The van der Waals surface area contributed by atoms with E-state index in [9.17, 15) is 9.18 Å². The number of aryl methyl sites for hydroxylation is 2. The summed E-state index contributed by atoms with van der Waals surface area (Å²) in [5.41, 5.74) is 3.13. The zero-order valence-corrected chi connectivity index (χ0v) is 17.0. The number of halogens is 1. The van der Waals surface area contributed by atoms with E-state index in [4.69, 9.17) is 18.7 Å². The van der Waals surface area contributed by atoms with E-state index in [0.717, 1.165) is 16.8 Å². The highest BCUT2D eigenvalue weighted by molar-refractivity contribution is 5.87. The monoisotopic (exact) mass is 411 g/mol. The quantitative estimate of drug-likeness (QED) is 0.393. The van der Waals surface area contributed by atoms with Gasteiger partial charge >= 0.3 is 5.97 Å². The molecule has 0 aliphatic carbocycles. The SMILES string of the molecule is COc1cc(/C=C/C(=O)OCc2ccc(F)cc2)ccc1OCc1c(C)noc1C. The molecule has 1 aromatic heterocycles. The maximum atomic E-state index is 12.9. The number of hydrogen-bond acceptors (Lipinski definition) is 6. The largest absolute Gasteiger partial charge is 0.493 e. The highest BCUT2D eigenvalue weighted by atomic mass is 19.1. The molecule has 0 aliphatic rings. The first kappa shape index (κ1) is 21.1. The molecule has 0 unspecified atom stereocenters. The molecule has 0 radical (unpaired) electrons. The van der Waals surface area contributed by atoms with Gasteiger partial charge in [0.2, 0.25) is 0 Å². The molecule has 6 nitrogen and oxygen atoms in total. The topological polar surface area (TPSA) is 70.8 Å². The fourth-order valence-corrected chi connectivity index (χ4v) is 2.71. The van der Waals surface area contributed by atoms with E-state index < -0.39 is 5.97 Å². The Hall–Kier alpha value is -3.61. The predicted molar refractivity (Wildman–Crippen MR) is 109 cm³/mol. The molecule has 0 bridgehead atoms. The van der Waals surface area contributed by atoms with Crippen LogP contribution in [0.2, 0.25) is 0 Å². The van der Waals surface area contributed by atoms with Gasteiger partial charge in [-0.3, -0.25) is 0 Å². The summed E-state index contributed by atoms with van der Waals surface area (Å²) in [6, 6.07) is 11.1. The number of carbonyl (C=O) groups excluding carboxylic acids is 1. The van der Waals surface area contributed by atoms with Gasteiger partial charge in [-0.05, 0) is 55.3 Å². The van der Waals surface area contributed by atoms with Crippen LogP contribution < -0.4 is 9.47 Å². The van der Waals surface area contributed by atoms with Crippen molar-refractivity contribution in [3.8, 4) is 11.5 Å². The van der Waals surface area contributed by atoms with Crippen LogP contribution >= 0.6 is 0 Å². The third kappa shape index (κ3) is 5.47. The molecule has 0 aliphatic heterocycles. The summed E-state index contributed by atoms with van der Waals surface area (Å²) in [5.74, 6) is 0.970. The van der Waals surface area contributed by atoms with Gasteiger partial charge in [0, 0.05) is 6.08 Å². The van der Waals surface area contributed by atoms with Gasteiger partial charge < -0.3 is 18.7 Å². The maximum absolute atomic E-state index is 12.9. The lowest BCUT2D eigenvalue weighted by Crippen LogP contribution is -2.01. The summed E-state index contributed by atoms with van der Waals surface area (Å²) < 4.78 is 34.4.